The monoisotopic (exact) mass is 549 g/mol. The van der Waals surface area contributed by atoms with E-state index >= 15 is 0 Å². The summed E-state index contributed by atoms with van der Waals surface area (Å²) < 4.78 is 79.0. The Hall–Kier alpha value is -3.18. The lowest BCUT2D eigenvalue weighted by atomic mass is 10.2. The number of ether oxygens (including phenoxy) is 2. The highest BCUT2D eigenvalue weighted by Crippen LogP contribution is 2.37. The first-order valence-electron chi connectivity index (χ1n) is 12.4. The maximum Gasteiger partial charge on any atom is 0.423 e. The van der Waals surface area contributed by atoms with Crippen molar-refractivity contribution in [2.24, 2.45) is 0 Å². The number of nitrogens with one attached hydrogen (secondary N) is 1. The molecule has 4 rings (SSSR count). The van der Waals surface area contributed by atoms with Crippen LogP contribution in [0.5, 0.6) is 5.88 Å². The van der Waals surface area contributed by atoms with Crippen LogP contribution in [0.25, 0.3) is 0 Å². The standard InChI is InChI=1S/C27H30F3N3O4S/c1-18(36-17-20-10-4-3-5-11-20)19(2)37-25-22(27(28,29)30)16-31-26(33-25)32-23-14-8-9-15-24(23)38(34,35)21-12-6-7-13-21/h3-5,8-11,14-16,18-19,21H,6-7,12-13,17H2,1-2H3,(H,31,32,33)/t18-,19-/m1/s1. The largest absolute Gasteiger partial charge is 0.471 e. The third-order valence-electron chi connectivity index (χ3n) is 6.55. The van der Waals surface area contributed by atoms with E-state index in [4.69, 9.17) is 9.47 Å². The van der Waals surface area contributed by atoms with Gasteiger partial charge in [0.25, 0.3) is 0 Å². The fourth-order valence-electron chi connectivity index (χ4n) is 4.24. The molecule has 1 fully saturated rings. The summed E-state index contributed by atoms with van der Waals surface area (Å²) in [5.41, 5.74) is -0.0305. The van der Waals surface area contributed by atoms with Crippen molar-refractivity contribution < 1.29 is 31.1 Å². The van der Waals surface area contributed by atoms with Crippen LogP contribution in [-0.2, 0) is 27.4 Å². The number of hydrogen-bond donors (Lipinski definition) is 1. The number of nitrogens with zero attached hydrogens (tertiary/aromatic N) is 2. The van der Waals surface area contributed by atoms with Gasteiger partial charge in [-0.3, -0.25) is 0 Å². The summed E-state index contributed by atoms with van der Waals surface area (Å²) in [5.74, 6) is -0.888. The Labute approximate surface area is 220 Å². The summed E-state index contributed by atoms with van der Waals surface area (Å²) in [7, 11) is -3.64. The fourth-order valence-corrected chi connectivity index (χ4v) is 6.24. The Morgan fingerprint density at radius 1 is 1.00 bits per heavy atom. The number of aromatic nitrogens is 2. The molecule has 2 aromatic carbocycles. The molecule has 204 valence electrons. The van der Waals surface area contributed by atoms with Crippen molar-refractivity contribution in [3.05, 3.63) is 71.9 Å². The zero-order valence-corrected chi connectivity index (χ0v) is 21.9. The van der Waals surface area contributed by atoms with Crippen LogP contribution in [0, 0.1) is 0 Å². The summed E-state index contributed by atoms with van der Waals surface area (Å²) >= 11 is 0. The molecule has 1 heterocycles. The normalized spacial score (nSPS) is 16.2. The van der Waals surface area contributed by atoms with E-state index in [0.29, 0.717) is 19.0 Å². The SMILES string of the molecule is C[C@@H](OCc1ccccc1)[C@@H](C)Oc1nc(Nc2ccccc2S(=O)(=O)C2CCCC2)ncc1C(F)(F)F. The van der Waals surface area contributed by atoms with Crippen molar-refractivity contribution in [3.63, 3.8) is 0 Å². The van der Waals surface area contributed by atoms with Crippen LogP contribution in [0.1, 0.15) is 50.7 Å². The van der Waals surface area contributed by atoms with Gasteiger partial charge < -0.3 is 14.8 Å². The molecule has 7 nitrogen and oxygen atoms in total. The highest BCUT2D eigenvalue weighted by molar-refractivity contribution is 7.92. The van der Waals surface area contributed by atoms with E-state index in [1.165, 1.54) is 12.1 Å². The maximum absolute atomic E-state index is 13.7. The number of halogens is 3. The van der Waals surface area contributed by atoms with Gasteiger partial charge in [-0.25, -0.2) is 13.4 Å². The summed E-state index contributed by atoms with van der Waals surface area (Å²) in [6.45, 7) is 3.56. The van der Waals surface area contributed by atoms with Gasteiger partial charge in [0.15, 0.2) is 9.84 Å². The predicted molar refractivity (Wildman–Crippen MR) is 137 cm³/mol. The van der Waals surface area contributed by atoms with Gasteiger partial charge in [-0.05, 0) is 44.4 Å². The van der Waals surface area contributed by atoms with Gasteiger partial charge in [-0.15, -0.1) is 0 Å². The van der Waals surface area contributed by atoms with E-state index in [1.807, 2.05) is 30.3 Å². The molecule has 1 N–H and O–H groups in total. The lowest BCUT2D eigenvalue weighted by molar-refractivity contribution is -0.140. The van der Waals surface area contributed by atoms with E-state index in [2.05, 4.69) is 15.3 Å². The number of benzene rings is 2. The van der Waals surface area contributed by atoms with Crippen molar-refractivity contribution in [1.82, 2.24) is 9.97 Å². The van der Waals surface area contributed by atoms with Crippen LogP contribution in [0.15, 0.2) is 65.7 Å². The summed E-state index contributed by atoms with van der Waals surface area (Å²) in [6.07, 6.45) is -2.63. The second kappa shape index (κ2) is 11.7. The molecule has 1 aliphatic rings. The van der Waals surface area contributed by atoms with Crippen LogP contribution >= 0.6 is 0 Å². The minimum atomic E-state index is -4.76. The van der Waals surface area contributed by atoms with Gasteiger partial charge >= 0.3 is 6.18 Å². The Morgan fingerprint density at radius 2 is 1.66 bits per heavy atom. The average molecular weight is 550 g/mol. The van der Waals surface area contributed by atoms with Gasteiger partial charge in [-0.1, -0.05) is 55.3 Å². The lowest BCUT2D eigenvalue weighted by Crippen LogP contribution is -2.30. The summed E-state index contributed by atoms with van der Waals surface area (Å²) in [6, 6.07) is 15.6. The molecule has 0 saturated heterocycles. The second-order valence-corrected chi connectivity index (χ2v) is 11.5. The van der Waals surface area contributed by atoms with Gasteiger partial charge in [0.1, 0.15) is 11.7 Å². The highest BCUT2D eigenvalue weighted by Gasteiger charge is 2.37. The molecule has 0 amide bonds. The van der Waals surface area contributed by atoms with Crippen molar-refractivity contribution in [2.75, 3.05) is 5.32 Å². The smallest absolute Gasteiger partial charge is 0.423 e. The van der Waals surface area contributed by atoms with Crippen LogP contribution in [-0.4, -0.2) is 35.8 Å². The van der Waals surface area contributed by atoms with Gasteiger partial charge in [0, 0.05) is 6.20 Å². The lowest BCUT2D eigenvalue weighted by Gasteiger charge is -2.23. The molecule has 0 unspecified atom stereocenters. The predicted octanol–water partition coefficient (Wildman–Crippen LogP) is 6.33. The Balaban J connectivity index is 1.56. The minimum Gasteiger partial charge on any atom is -0.471 e. The molecule has 38 heavy (non-hydrogen) atoms. The quantitative estimate of drug-likeness (QED) is 0.316. The fraction of sp³-hybridized carbons (Fsp3) is 0.407. The van der Waals surface area contributed by atoms with Crippen LogP contribution in [0.2, 0.25) is 0 Å². The minimum absolute atomic E-state index is 0.0640. The molecule has 2 atom stereocenters. The number of para-hydroxylation sites is 1. The molecule has 11 heteroatoms. The third-order valence-corrected chi connectivity index (χ3v) is 8.87. The van der Waals surface area contributed by atoms with Crippen molar-refractivity contribution in [1.29, 1.82) is 0 Å². The molecule has 1 aromatic heterocycles. The number of anilines is 2. The van der Waals surface area contributed by atoms with Gasteiger partial charge in [-0.2, -0.15) is 18.2 Å². The third kappa shape index (κ3) is 6.63. The first-order chi connectivity index (χ1) is 18.1. The van der Waals surface area contributed by atoms with Gasteiger partial charge in [0.2, 0.25) is 11.8 Å². The highest BCUT2D eigenvalue weighted by atomic mass is 32.2. The Morgan fingerprint density at radius 3 is 2.34 bits per heavy atom. The van der Waals surface area contributed by atoms with Crippen molar-refractivity contribution in [3.8, 4) is 5.88 Å². The van der Waals surface area contributed by atoms with Crippen LogP contribution in [0.4, 0.5) is 24.8 Å². The van der Waals surface area contributed by atoms with E-state index in [-0.39, 0.29) is 23.1 Å². The number of sulfone groups is 1. The molecule has 0 radical (unpaired) electrons. The Kier molecular flexibility index (Phi) is 8.57. The maximum atomic E-state index is 13.7. The first-order valence-corrected chi connectivity index (χ1v) is 14.0. The molecule has 0 aliphatic heterocycles. The van der Waals surface area contributed by atoms with Crippen LogP contribution in [0.3, 0.4) is 0 Å². The summed E-state index contributed by atoms with van der Waals surface area (Å²) in [5, 5.41) is 2.30. The average Bonchev–Trinajstić information content (AvgIpc) is 3.44. The zero-order valence-electron chi connectivity index (χ0n) is 21.1. The van der Waals surface area contributed by atoms with Crippen molar-refractivity contribution >= 4 is 21.5 Å². The van der Waals surface area contributed by atoms with Gasteiger partial charge in [0.05, 0.1) is 28.5 Å². The number of rotatable bonds is 10. The number of alkyl halides is 3. The first kappa shape index (κ1) is 27.8. The molecular weight excluding hydrogens is 519 g/mol. The number of hydrogen-bond acceptors (Lipinski definition) is 7. The zero-order chi connectivity index (χ0) is 27.3. The van der Waals surface area contributed by atoms with E-state index in [9.17, 15) is 21.6 Å². The van der Waals surface area contributed by atoms with E-state index in [1.54, 1.807) is 26.0 Å². The molecule has 1 aliphatic carbocycles. The molecule has 0 bridgehead atoms. The molecule has 3 aromatic rings. The Bertz CT molecular complexity index is 1330. The molecular formula is C27H30F3N3O4S. The topological polar surface area (TPSA) is 90.4 Å². The van der Waals surface area contributed by atoms with Crippen LogP contribution < -0.4 is 10.1 Å². The molecule has 0 spiro atoms. The molecule has 1 saturated carbocycles. The summed E-state index contributed by atoms with van der Waals surface area (Å²) in [4.78, 5) is 7.85. The van der Waals surface area contributed by atoms with E-state index < -0.39 is 44.9 Å². The van der Waals surface area contributed by atoms with E-state index in [0.717, 1.165) is 18.4 Å². The second-order valence-electron chi connectivity index (χ2n) is 9.31. The van der Waals surface area contributed by atoms with Crippen molar-refractivity contribution in [2.45, 2.75) is 74.7 Å².